The second-order valence-electron chi connectivity index (χ2n) is 5.76. The topological polar surface area (TPSA) is 159 Å². The van der Waals surface area contributed by atoms with Gasteiger partial charge >= 0.3 is 6.18 Å². The summed E-state index contributed by atoms with van der Waals surface area (Å²) in [6.07, 6.45) is -3.25. The van der Waals surface area contributed by atoms with Crippen LogP contribution < -0.4 is 11.1 Å². The Balaban J connectivity index is 0.000000555. The van der Waals surface area contributed by atoms with Gasteiger partial charge in [-0.2, -0.15) is 18.3 Å². The van der Waals surface area contributed by atoms with Crippen LogP contribution in [0.25, 0.3) is 0 Å². The second kappa shape index (κ2) is 15.1. The van der Waals surface area contributed by atoms with Crippen molar-refractivity contribution in [3.8, 4) is 0 Å². The number of nitrogens with zero attached hydrogens (tertiary/aromatic N) is 3. The molecular formula is C19H31F3N6O4. The van der Waals surface area contributed by atoms with E-state index in [1.54, 1.807) is 6.07 Å². The summed E-state index contributed by atoms with van der Waals surface area (Å²) in [7, 11) is 0. The van der Waals surface area contributed by atoms with Gasteiger partial charge in [0.1, 0.15) is 23.7 Å². The third kappa shape index (κ3) is 10.0. The third-order valence-electron chi connectivity index (χ3n) is 3.67. The van der Waals surface area contributed by atoms with Crippen molar-refractivity contribution in [1.29, 1.82) is 0 Å². The average Bonchev–Trinajstić information content (AvgIpc) is 3.32. The molecule has 32 heavy (non-hydrogen) atoms. The number of rotatable bonds is 3. The molecule has 0 aliphatic carbocycles. The average molecular weight is 464 g/mol. The van der Waals surface area contributed by atoms with Crippen molar-refractivity contribution in [2.75, 3.05) is 18.9 Å². The van der Waals surface area contributed by atoms with Gasteiger partial charge in [-0.25, -0.2) is 4.98 Å². The number of H-pyrrole nitrogens is 1. The highest BCUT2D eigenvalue weighted by molar-refractivity contribution is 5.92. The van der Waals surface area contributed by atoms with Crippen LogP contribution in [0.15, 0.2) is 24.7 Å². The Bertz CT molecular complexity index is 762. The first-order valence-corrected chi connectivity index (χ1v) is 10.1. The summed E-state index contributed by atoms with van der Waals surface area (Å²) in [5.41, 5.74) is 4.25. The van der Waals surface area contributed by atoms with Gasteiger partial charge in [-0.15, -0.1) is 0 Å². The SMILES string of the molecule is CC.CC.Nc1cncc(C(F)(F)F)n1.O=C(NCC1OCCC(O)C1O)c1ccn[nH]1. The fourth-order valence-electron chi connectivity index (χ4n) is 2.23. The number of carbonyl (C=O) groups excluding carboxylic acids is 1. The molecule has 0 spiro atoms. The van der Waals surface area contributed by atoms with E-state index in [0.29, 0.717) is 24.9 Å². The van der Waals surface area contributed by atoms with E-state index in [-0.39, 0.29) is 18.3 Å². The Labute approximate surface area is 184 Å². The maximum absolute atomic E-state index is 11.8. The molecule has 1 amide bonds. The molecule has 0 radical (unpaired) electrons. The molecule has 1 saturated heterocycles. The lowest BCUT2D eigenvalue weighted by Gasteiger charge is -2.31. The van der Waals surface area contributed by atoms with Crippen molar-refractivity contribution in [2.45, 2.75) is 58.6 Å². The zero-order valence-electron chi connectivity index (χ0n) is 18.4. The summed E-state index contributed by atoms with van der Waals surface area (Å²) in [5.74, 6) is -0.557. The van der Waals surface area contributed by atoms with Gasteiger partial charge in [0, 0.05) is 19.3 Å². The first-order valence-electron chi connectivity index (χ1n) is 10.1. The van der Waals surface area contributed by atoms with Crippen LogP contribution in [0.3, 0.4) is 0 Å². The lowest BCUT2D eigenvalue weighted by atomic mass is 10.0. The molecule has 1 aliphatic heterocycles. The van der Waals surface area contributed by atoms with Crippen LogP contribution in [0.5, 0.6) is 0 Å². The summed E-state index contributed by atoms with van der Waals surface area (Å²) >= 11 is 0. The van der Waals surface area contributed by atoms with Gasteiger partial charge in [0.2, 0.25) is 0 Å². The number of hydrogen-bond acceptors (Lipinski definition) is 8. The van der Waals surface area contributed by atoms with Gasteiger partial charge in [0.15, 0.2) is 5.69 Å². The minimum Gasteiger partial charge on any atom is -0.390 e. The van der Waals surface area contributed by atoms with E-state index in [1.165, 1.54) is 6.20 Å². The molecule has 0 bridgehead atoms. The zero-order chi connectivity index (χ0) is 24.7. The highest BCUT2D eigenvalue weighted by Crippen LogP contribution is 2.26. The number of nitrogens with one attached hydrogen (secondary N) is 2. The Hall–Kier alpha value is -2.77. The number of nitrogens with two attached hydrogens (primary N) is 1. The number of anilines is 1. The maximum atomic E-state index is 11.8. The molecule has 13 heteroatoms. The van der Waals surface area contributed by atoms with Gasteiger partial charge in [-0.3, -0.25) is 14.9 Å². The van der Waals surface area contributed by atoms with E-state index in [2.05, 4.69) is 25.5 Å². The standard InChI is InChI=1S/C10H15N3O4.C5H4F3N3.2C2H6/c14-7-2-4-17-8(9(7)15)5-11-10(16)6-1-3-12-13-6;6-5(7,8)3-1-10-2-4(9)11-3;2*1-2/h1,3,7-9,14-15H,2,4-5H2,(H,11,16)(H,12,13);1-2H,(H2,9,11);2*1-2H3. The van der Waals surface area contributed by atoms with Crippen LogP contribution in [0.4, 0.5) is 19.0 Å². The number of carbonyl (C=O) groups is 1. The summed E-state index contributed by atoms with van der Waals surface area (Å²) in [4.78, 5) is 17.8. The van der Waals surface area contributed by atoms with Crippen molar-refractivity contribution in [2.24, 2.45) is 0 Å². The zero-order valence-corrected chi connectivity index (χ0v) is 18.4. The van der Waals surface area contributed by atoms with Crippen molar-refractivity contribution < 1.29 is 32.9 Å². The molecule has 0 aromatic carbocycles. The fraction of sp³-hybridized carbons (Fsp3) is 0.579. The highest BCUT2D eigenvalue weighted by atomic mass is 19.4. The first-order chi connectivity index (χ1) is 15.2. The molecule has 3 rings (SSSR count). The van der Waals surface area contributed by atoms with Gasteiger partial charge in [-0.05, 0) is 12.5 Å². The summed E-state index contributed by atoms with van der Waals surface area (Å²) in [5, 5.41) is 27.9. The van der Waals surface area contributed by atoms with Crippen molar-refractivity contribution in [1.82, 2.24) is 25.5 Å². The van der Waals surface area contributed by atoms with Crippen LogP contribution in [0, 0.1) is 0 Å². The Kier molecular flexibility index (Phi) is 13.8. The van der Waals surface area contributed by atoms with Crippen molar-refractivity contribution >= 4 is 11.7 Å². The molecule has 3 atom stereocenters. The number of aromatic amines is 1. The minimum atomic E-state index is -4.47. The highest BCUT2D eigenvalue weighted by Gasteiger charge is 2.33. The van der Waals surface area contributed by atoms with Crippen molar-refractivity contribution in [3.63, 3.8) is 0 Å². The van der Waals surface area contributed by atoms with E-state index >= 15 is 0 Å². The molecule has 3 unspecified atom stereocenters. The number of alkyl halides is 3. The number of nitrogen functional groups attached to an aromatic ring is 1. The number of aliphatic hydroxyl groups excluding tert-OH is 2. The predicted molar refractivity (Wildman–Crippen MR) is 111 cm³/mol. The molecule has 182 valence electrons. The molecular weight excluding hydrogens is 433 g/mol. The number of hydrogen-bond donors (Lipinski definition) is 5. The monoisotopic (exact) mass is 464 g/mol. The van der Waals surface area contributed by atoms with Gasteiger partial charge in [0.25, 0.3) is 5.91 Å². The number of amides is 1. The largest absolute Gasteiger partial charge is 0.434 e. The van der Waals surface area contributed by atoms with Crippen LogP contribution in [-0.2, 0) is 10.9 Å². The smallest absolute Gasteiger partial charge is 0.390 e. The van der Waals surface area contributed by atoms with Gasteiger partial charge in [-0.1, -0.05) is 27.7 Å². The molecule has 10 nitrogen and oxygen atoms in total. The maximum Gasteiger partial charge on any atom is 0.434 e. The number of aromatic nitrogens is 4. The van der Waals surface area contributed by atoms with Crippen LogP contribution >= 0.6 is 0 Å². The molecule has 2 aromatic rings. The lowest BCUT2D eigenvalue weighted by molar-refractivity contribution is -0.141. The molecule has 6 N–H and O–H groups in total. The second-order valence-corrected chi connectivity index (χ2v) is 5.76. The number of aliphatic hydroxyl groups is 2. The Morgan fingerprint density at radius 1 is 1.28 bits per heavy atom. The number of ether oxygens (including phenoxy) is 1. The van der Waals surface area contributed by atoms with E-state index < -0.39 is 30.2 Å². The minimum absolute atomic E-state index is 0.149. The van der Waals surface area contributed by atoms with E-state index in [0.717, 1.165) is 6.20 Å². The predicted octanol–water partition coefficient (Wildman–Crippen LogP) is 1.78. The normalized spacial score (nSPS) is 19.7. The summed E-state index contributed by atoms with van der Waals surface area (Å²) < 4.78 is 40.7. The first kappa shape index (κ1) is 29.2. The van der Waals surface area contributed by atoms with Crippen LogP contribution in [-0.4, -0.2) is 67.7 Å². The quantitative estimate of drug-likeness (QED) is 0.460. The molecule has 3 heterocycles. The van der Waals surface area contributed by atoms with Gasteiger partial charge in [0.05, 0.1) is 18.5 Å². The number of halogens is 3. The Morgan fingerprint density at radius 3 is 2.44 bits per heavy atom. The van der Waals surface area contributed by atoms with Crippen molar-refractivity contribution in [3.05, 3.63) is 36.0 Å². The van der Waals surface area contributed by atoms with E-state index in [1.807, 2.05) is 27.7 Å². The summed E-state index contributed by atoms with van der Waals surface area (Å²) in [6.45, 7) is 8.53. The molecule has 2 aromatic heterocycles. The summed E-state index contributed by atoms with van der Waals surface area (Å²) in [6, 6.07) is 1.54. The van der Waals surface area contributed by atoms with Crippen LogP contribution in [0.1, 0.15) is 50.3 Å². The molecule has 0 saturated carbocycles. The van der Waals surface area contributed by atoms with Gasteiger partial charge < -0.3 is 26.0 Å². The Morgan fingerprint density at radius 2 is 1.94 bits per heavy atom. The molecule has 1 fully saturated rings. The fourth-order valence-corrected chi connectivity index (χ4v) is 2.23. The van der Waals surface area contributed by atoms with E-state index in [4.69, 9.17) is 10.5 Å². The molecule has 1 aliphatic rings. The third-order valence-corrected chi connectivity index (χ3v) is 3.67. The lowest BCUT2D eigenvalue weighted by Crippen LogP contribution is -2.49. The van der Waals surface area contributed by atoms with Crippen LogP contribution in [0.2, 0.25) is 0 Å². The van der Waals surface area contributed by atoms with E-state index in [9.17, 15) is 28.2 Å².